The van der Waals surface area contributed by atoms with Crippen molar-refractivity contribution < 1.29 is 14.3 Å². The molecule has 6 nitrogen and oxygen atoms in total. The highest BCUT2D eigenvalue weighted by molar-refractivity contribution is 5.76. The highest BCUT2D eigenvalue weighted by Gasteiger charge is 2.23. The first-order valence-electron chi connectivity index (χ1n) is 9.61. The second kappa shape index (κ2) is 8.93. The SMILES string of the molecule is COc1ccc([C@H](NC(=O)CCC2CCCC2)c2nccn2C)cc1OC. The fourth-order valence-corrected chi connectivity index (χ4v) is 3.85. The second-order valence-electron chi connectivity index (χ2n) is 7.20. The molecule has 0 saturated heterocycles. The molecule has 0 radical (unpaired) electrons. The number of hydrogen-bond donors (Lipinski definition) is 1. The molecule has 1 aliphatic rings. The van der Waals surface area contributed by atoms with Crippen LogP contribution in [0.3, 0.4) is 0 Å². The van der Waals surface area contributed by atoms with Gasteiger partial charge >= 0.3 is 0 Å². The van der Waals surface area contributed by atoms with Gasteiger partial charge in [-0.1, -0.05) is 31.7 Å². The number of amides is 1. The van der Waals surface area contributed by atoms with E-state index in [9.17, 15) is 4.79 Å². The molecule has 1 heterocycles. The summed E-state index contributed by atoms with van der Waals surface area (Å²) in [5.41, 5.74) is 0.913. The van der Waals surface area contributed by atoms with Crippen molar-refractivity contribution in [2.75, 3.05) is 14.2 Å². The molecule has 1 fully saturated rings. The van der Waals surface area contributed by atoms with Crippen LogP contribution in [0.1, 0.15) is 56.0 Å². The Morgan fingerprint density at radius 1 is 1.26 bits per heavy atom. The number of nitrogens with one attached hydrogen (secondary N) is 1. The summed E-state index contributed by atoms with van der Waals surface area (Å²) in [6.45, 7) is 0. The summed E-state index contributed by atoms with van der Waals surface area (Å²) in [6, 6.07) is 5.36. The lowest BCUT2D eigenvalue weighted by molar-refractivity contribution is -0.121. The maximum Gasteiger partial charge on any atom is 0.220 e. The number of nitrogens with zero attached hydrogens (tertiary/aromatic N) is 2. The van der Waals surface area contributed by atoms with Crippen molar-refractivity contribution in [3.63, 3.8) is 0 Å². The van der Waals surface area contributed by atoms with Gasteiger partial charge in [0.2, 0.25) is 5.91 Å². The molecule has 1 aliphatic carbocycles. The van der Waals surface area contributed by atoms with Crippen molar-refractivity contribution >= 4 is 5.91 Å². The Labute approximate surface area is 160 Å². The molecule has 1 saturated carbocycles. The van der Waals surface area contributed by atoms with Crippen LogP contribution < -0.4 is 14.8 Å². The number of ether oxygens (including phenoxy) is 2. The van der Waals surface area contributed by atoms with Crippen molar-refractivity contribution in [1.29, 1.82) is 0 Å². The molecular weight excluding hydrogens is 342 g/mol. The normalized spacial score (nSPS) is 15.5. The van der Waals surface area contributed by atoms with Crippen molar-refractivity contribution in [1.82, 2.24) is 14.9 Å². The molecule has 1 atom stereocenters. The van der Waals surface area contributed by atoms with Gasteiger partial charge in [-0.25, -0.2) is 4.98 Å². The maximum absolute atomic E-state index is 12.7. The molecule has 0 aliphatic heterocycles. The monoisotopic (exact) mass is 371 g/mol. The fraction of sp³-hybridized carbons (Fsp3) is 0.524. The zero-order valence-electron chi connectivity index (χ0n) is 16.4. The Morgan fingerprint density at radius 3 is 2.63 bits per heavy atom. The summed E-state index contributed by atoms with van der Waals surface area (Å²) in [7, 11) is 5.15. The van der Waals surface area contributed by atoms with E-state index in [0.717, 1.165) is 17.8 Å². The number of rotatable bonds is 8. The first kappa shape index (κ1) is 19.3. The minimum absolute atomic E-state index is 0.0599. The number of carbonyl (C=O) groups excluding carboxylic acids is 1. The van der Waals surface area contributed by atoms with E-state index in [1.54, 1.807) is 20.4 Å². The Bertz CT molecular complexity index is 766. The van der Waals surface area contributed by atoms with E-state index in [1.165, 1.54) is 25.7 Å². The summed E-state index contributed by atoms with van der Waals surface area (Å²) in [5, 5.41) is 3.17. The van der Waals surface area contributed by atoms with Crippen molar-refractivity contribution in [3.8, 4) is 11.5 Å². The fourth-order valence-electron chi connectivity index (χ4n) is 3.85. The maximum atomic E-state index is 12.7. The Morgan fingerprint density at radius 2 is 2.00 bits per heavy atom. The van der Waals surface area contributed by atoms with Gasteiger partial charge in [-0.3, -0.25) is 4.79 Å². The van der Waals surface area contributed by atoms with E-state index in [2.05, 4.69) is 10.3 Å². The van der Waals surface area contributed by atoms with Gasteiger partial charge < -0.3 is 19.4 Å². The summed E-state index contributed by atoms with van der Waals surface area (Å²) in [4.78, 5) is 17.1. The van der Waals surface area contributed by atoms with Crippen LogP contribution in [0.15, 0.2) is 30.6 Å². The molecule has 1 aromatic carbocycles. The molecule has 0 unspecified atom stereocenters. The van der Waals surface area contributed by atoms with Crippen molar-refractivity contribution in [3.05, 3.63) is 42.0 Å². The summed E-state index contributed by atoms with van der Waals surface area (Å²) < 4.78 is 12.7. The smallest absolute Gasteiger partial charge is 0.220 e. The van der Waals surface area contributed by atoms with Gasteiger partial charge in [-0.2, -0.15) is 0 Å². The standard InChI is InChI=1S/C21H29N3O3/c1-24-13-12-22-21(24)20(16-9-10-17(26-2)18(14-16)27-3)23-19(25)11-8-15-6-4-5-7-15/h9-10,12-15,20H,4-8,11H2,1-3H3,(H,23,25)/t20-/m0/s1. The molecule has 6 heteroatoms. The van der Waals surface area contributed by atoms with E-state index in [1.807, 2.05) is 36.0 Å². The minimum atomic E-state index is -0.333. The lowest BCUT2D eigenvalue weighted by Gasteiger charge is -2.21. The topological polar surface area (TPSA) is 65.4 Å². The third-order valence-electron chi connectivity index (χ3n) is 5.42. The lowest BCUT2D eigenvalue weighted by Crippen LogP contribution is -2.31. The Kier molecular flexibility index (Phi) is 6.37. The number of imidazole rings is 1. The number of aromatic nitrogens is 2. The number of aryl methyl sites for hydroxylation is 1. The van der Waals surface area contributed by atoms with E-state index in [4.69, 9.17) is 9.47 Å². The van der Waals surface area contributed by atoms with Crippen LogP contribution in [0.4, 0.5) is 0 Å². The molecule has 27 heavy (non-hydrogen) atoms. The quantitative estimate of drug-likeness (QED) is 0.770. The van der Waals surface area contributed by atoms with E-state index in [0.29, 0.717) is 23.8 Å². The van der Waals surface area contributed by atoms with E-state index >= 15 is 0 Å². The Hall–Kier alpha value is -2.50. The number of methoxy groups -OCH3 is 2. The zero-order valence-corrected chi connectivity index (χ0v) is 16.4. The number of hydrogen-bond acceptors (Lipinski definition) is 4. The molecule has 1 aromatic heterocycles. The van der Waals surface area contributed by atoms with Crippen LogP contribution in [0, 0.1) is 5.92 Å². The molecule has 2 aromatic rings. The van der Waals surface area contributed by atoms with Crippen molar-refractivity contribution in [2.24, 2.45) is 13.0 Å². The van der Waals surface area contributed by atoms with Gasteiger partial charge in [0.05, 0.1) is 14.2 Å². The first-order chi connectivity index (χ1) is 13.1. The Balaban J connectivity index is 1.79. The predicted octanol–water partition coefficient (Wildman–Crippen LogP) is 3.61. The largest absolute Gasteiger partial charge is 0.493 e. The van der Waals surface area contributed by atoms with Gasteiger partial charge in [0.1, 0.15) is 11.9 Å². The molecule has 3 rings (SSSR count). The molecule has 0 bridgehead atoms. The van der Waals surface area contributed by atoms with Crippen LogP contribution in [-0.4, -0.2) is 29.7 Å². The molecule has 1 amide bonds. The van der Waals surface area contributed by atoms with Gasteiger partial charge in [0.15, 0.2) is 11.5 Å². The van der Waals surface area contributed by atoms with Crippen LogP contribution >= 0.6 is 0 Å². The van der Waals surface area contributed by atoms with E-state index < -0.39 is 0 Å². The minimum Gasteiger partial charge on any atom is -0.493 e. The molecular formula is C21H29N3O3. The van der Waals surface area contributed by atoms with Gasteiger partial charge in [-0.05, 0) is 30.0 Å². The summed E-state index contributed by atoms with van der Waals surface area (Å²) in [6.07, 6.45) is 10.3. The van der Waals surface area contributed by atoms with Gasteiger partial charge in [0.25, 0.3) is 0 Å². The third-order valence-corrected chi connectivity index (χ3v) is 5.42. The van der Waals surface area contributed by atoms with Crippen LogP contribution in [0.25, 0.3) is 0 Å². The molecule has 1 N–H and O–H groups in total. The second-order valence-corrected chi connectivity index (χ2v) is 7.20. The molecule has 146 valence electrons. The molecule has 0 spiro atoms. The predicted molar refractivity (Wildman–Crippen MR) is 104 cm³/mol. The van der Waals surface area contributed by atoms with Crippen LogP contribution in [-0.2, 0) is 11.8 Å². The average Bonchev–Trinajstić information content (AvgIpc) is 3.35. The van der Waals surface area contributed by atoms with Crippen molar-refractivity contribution in [2.45, 2.75) is 44.6 Å². The number of carbonyl (C=O) groups is 1. The van der Waals surface area contributed by atoms with E-state index in [-0.39, 0.29) is 11.9 Å². The lowest BCUT2D eigenvalue weighted by atomic mass is 10.0. The summed E-state index contributed by atoms with van der Waals surface area (Å²) >= 11 is 0. The highest BCUT2D eigenvalue weighted by Crippen LogP contribution is 2.32. The third kappa shape index (κ3) is 4.62. The summed E-state index contributed by atoms with van der Waals surface area (Å²) in [5.74, 6) is 2.84. The first-order valence-corrected chi connectivity index (χ1v) is 9.61. The average molecular weight is 371 g/mol. The van der Waals surface area contributed by atoms with Crippen LogP contribution in [0.5, 0.6) is 11.5 Å². The highest BCUT2D eigenvalue weighted by atomic mass is 16.5. The van der Waals surface area contributed by atoms with Gasteiger partial charge in [0, 0.05) is 25.9 Å². The number of benzene rings is 1. The zero-order chi connectivity index (χ0) is 19.2. The van der Waals surface area contributed by atoms with Gasteiger partial charge in [-0.15, -0.1) is 0 Å². The van der Waals surface area contributed by atoms with Crippen LogP contribution in [0.2, 0.25) is 0 Å².